The Hall–Kier alpha value is -2.53. The first-order chi connectivity index (χ1) is 11.0. The normalized spacial score (nSPS) is 13.0. The number of halogens is 1. The van der Waals surface area contributed by atoms with E-state index in [0.29, 0.717) is 22.9 Å². The molecule has 0 bridgehead atoms. The van der Waals surface area contributed by atoms with Gasteiger partial charge in [0.15, 0.2) is 6.61 Å². The minimum atomic E-state index is -0.266. The summed E-state index contributed by atoms with van der Waals surface area (Å²) in [5.74, 6) is 0.359. The summed E-state index contributed by atoms with van der Waals surface area (Å²) < 4.78 is 5.39. The van der Waals surface area contributed by atoms with Crippen molar-refractivity contribution < 1.29 is 14.3 Å². The van der Waals surface area contributed by atoms with Crippen molar-refractivity contribution >= 4 is 34.8 Å². The predicted octanol–water partition coefficient (Wildman–Crippen LogP) is 2.88. The van der Waals surface area contributed by atoms with Crippen LogP contribution in [0.25, 0.3) is 0 Å². The van der Waals surface area contributed by atoms with E-state index in [1.807, 2.05) is 12.1 Å². The fourth-order valence-electron chi connectivity index (χ4n) is 2.42. The van der Waals surface area contributed by atoms with Crippen molar-refractivity contribution in [2.45, 2.75) is 6.42 Å². The third-order valence-electron chi connectivity index (χ3n) is 3.62. The van der Waals surface area contributed by atoms with Crippen LogP contribution in [-0.4, -0.2) is 25.5 Å². The van der Waals surface area contributed by atoms with E-state index >= 15 is 0 Å². The molecule has 1 N–H and O–H groups in total. The molecule has 0 saturated carbocycles. The van der Waals surface area contributed by atoms with Crippen LogP contribution in [0.4, 0.5) is 11.4 Å². The molecular weight excluding hydrogens is 316 g/mol. The number of anilines is 2. The van der Waals surface area contributed by atoms with Crippen LogP contribution >= 0.6 is 11.6 Å². The summed E-state index contributed by atoms with van der Waals surface area (Å²) >= 11 is 5.79. The van der Waals surface area contributed by atoms with Gasteiger partial charge in [-0.25, -0.2) is 0 Å². The summed E-state index contributed by atoms with van der Waals surface area (Å²) in [6, 6.07) is 12.2. The van der Waals surface area contributed by atoms with E-state index in [4.69, 9.17) is 16.3 Å². The van der Waals surface area contributed by atoms with Crippen LogP contribution in [-0.2, 0) is 16.0 Å². The summed E-state index contributed by atoms with van der Waals surface area (Å²) in [5.41, 5.74) is 2.44. The Morgan fingerprint density at radius 1 is 1.26 bits per heavy atom. The molecule has 0 radical (unpaired) electrons. The number of fused-ring (bicyclic) bond motifs is 1. The topological polar surface area (TPSA) is 58.6 Å². The Labute approximate surface area is 138 Å². The van der Waals surface area contributed by atoms with Gasteiger partial charge >= 0.3 is 0 Å². The Bertz CT molecular complexity index is 759. The highest BCUT2D eigenvalue weighted by Crippen LogP contribution is 2.29. The third-order valence-corrected chi connectivity index (χ3v) is 3.88. The van der Waals surface area contributed by atoms with Gasteiger partial charge < -0.3 is 15.0 Å². The molecule has 1 aliphatic heterocycles. The SMILES string of the molecule is CN1C(=O)Cc2cc(NC(=O)COc3ccc(Cl)cc3)ccc21. The van der Waals surface area contributed by atoms with Crippen molar-refractivity contribution in [2.24, 2.45) is 0 Å². The summed E-state index contributed by atoms with van der Waals surface area (Å²) in [7, 11) is 1.74. The molecule has 0 aliphatic carbocycles. The van der Waals surface area contributed by atoms with Gasteiger partial charge in [-0.1, -0.05) is 11.6 Å². The Balaban J connectivity index is 1.59. The molecule has 0 unspecified atom stereocenters. The molecule has 2 amide bonds. The average molecular weight is 331 g/mol. The number of nitrogens with one attached hydrogen (secondary N) is 1. The number of hydrogen-bond acceptors (Lipinski definition) is 3. The zero-order valence-electron chi connectivity index (χ0n) is 12.5. The summed E-state index contributed by atoms with van der Waals surface area (Å²) in [5, 5.41) is 3.37. The zero-order chi connectivity index (χ0) is 16.4. The Morgan fingerprint density at radius 3 is 2.74 bits per heavy atom. The number of carbonyl (C=O) groups is 2. The summed E-state index contributed by atoms with van der Waals surface area (Å²) in [4.78, 5) is 25.2. The van der Waals surface area contributed by atoms with E-state index in [0.717, 1.165) is 11.3 Å². The predicted molar refractivity (Wildman–Crippen MR) is 89.1 cm³/mol. The molecule has 5 nitrogen and oxygen atoms in total. The van der Waals surface area contributed by atoms with Crippen molar-refractivity contribution in [3.8, 4) is 5.75 Å². The first-order valence-electron chi connectivity index (χ1n) is 7.10. The first kappa shape index (κ1) is 15.4. The van der Waals surface area contributed by atoms with Gasteiger partial charge in [0.2, 0.25) is 5.91 Å². The number of carbonyl (C=O) groups excluding carboxylic acids is 2. The van der Waals surface area contributed by atoms with Crippen molar-refractivity contribution in [3.05, 3.63) is 53.1 Å². The summed E-state index contributed by atoms with van der Waals surface area (Å²) in [6.45, 7) is -0.0997. The average Bonchev–Trinajstić information content (AvgIpc) is 2.81. The van der Waals surface area contributed by atoms with Crippen LogP contribution in [0.3, 0.4) is 0 Å². The fourth-order valence-corrected chi connectivity index (χ4v) is 2.55. The standard InChI is InChI=1S/C17H15ClN2O3/c1-20-15-7-4-13(8-11(15)9-17(20)22)19-16(21)10-23-14-5-2-12(18)3-6-14/h2-8H,9-10H2,1H3,(H,19,21). The van der Waals surface area contributed by atoms with E-state index in [1.165, 1.54) is 0 Å². The molecule has 0 spiro atoms. The highest BCUT2D eigenvalue weighted by molar-refractivity contribution is 6.30. The van der Waals surface area contributed by atoms with Gasteiger partial charge in [-0.2, -0.15) is 0 Å². The number of nitrogens with zero attached hydrogens (tertiary/aromatic N) is 1. The molecule has 1 heterocycles. The van der Waals surface area contributed by atoms with Crippen molar-refractivity contribution in [3.63, 3.8) is 0 Å². The third kappa shape index (κ3) is 3.46. The number of amides is 2. The van der Waals surface area contributed by atoms with Crippen LogP contribution in [0.1, 0.15) is 5.56 Å². The first-order valence-corrected chi connectivity index (χ1v) is 7.48. The van der Waals surface area contributed by atoms with Gasteiger partial charge in [0.1, 0.15) is 5.75 Å². The quantitative estimate of drug-likeness (QED) is 0.937. The molecule has 6 heteroatoms. The second-order valence-electron chi connectivity index (χ2n) is 5.26. The second-order valence-corrected chi connectivity index (χ2v) is 5.70. The van der Waals surface area contributed by atoms with E-state index in [9.17, 15) is 9.59 Å². The van der Waals surface area contributed by atoms with Gasteiger partial charge in [-0.15, -0.1) is 0 Å². The lowest BCUT2D eigenvalue weighted by Gasteiger charge is -2.11. The van der Waals surface area contributed by atoms with Gasteiger partial charge in [0.25, 0.3) is 5.91 Å². The van der Waals surface area contributed by atoms with Crippen LogP contribution in [0.5, 0.6) is 5.75 Å². The Morgan fingerprint density at radius 2 is 2.00 bits per heavy atom. The lowest BCUT2D eigenvalue weighted by Crippen LogP contribution is -2.20. The van der Waals surface area contributed by atoms with Crippen LogP contribution in [0.15, 0.2) is 42.5 Å². The lowest BCUT2D eigenvalue weighted by atomic mass is 10.1. The minimum Gasteiger partial charge on any atom is -0.484 e. The highest BCUT2D eigenvalue weighted by Gasteiger charge is 2.24. The molecule has 0 aromatic heterocycles. The maximum atomic E-state index is 11.9. The largest absolute Gasteiger partial charge is 0.484 e. The van der Waals surface area contributed by atoms with Gasteiger partial charge in [0.05, 0.1) is 6.42 Å². The lowest BCUT2D eigenvalue weighted by molar-refractivity contribution is -0.118. The monoisotopic (exact) mass is 330 g/mol. The van der Waals surface area contributed by atoms with Gasteiger partial charge in [0, 0.05) is 23.4 Å². The smallest absolute Gasteiger partial charge is 0.262 e. The maximum Gasteiger partial charge on any atom is 0.262 e. The molecular formula is C17H15ClN2O3. The molecule has 23 heavy (non-hydrogen) atoms. The maximum absolute atomic E-state index is 11.9. The number of hydrogen-bond donors (Lipinski definition) is 1. The second kappa shape index (κ2) is 6.30. The molecule has 1 aliphatic rings. The highest BCUT2D eigenvalue weighted by atomic mass is 35.5. The molecule has 0 saturated heterocycles. The van der Waals surface area contributed by atoms with Crippen LogP contribution < -0.4 is 15.0 Å². The molecule has 118 valence electrons. The number of rotatable bonds is 4. The summed E-state index contributed by atoms with van der Waals surface area (Å²) in [6.07, 6.45) is 0.358. The van der Waals surface area contributed by atoms with E-state index in [2.05, 4.69) is 5.32 Å². The van der Waals surface area contributed by atoms with Gasteiger partial charge in [-0.05, 0) is 48.0 Å². The van der Waals surface area contributed by atoms with Crippen LogP contribution in [0, 0.1) is 0 Å². The minimum absolute atomic E-state index is 0.0505. The molecule has 2 aromatic carbocycles. The number of ether oxygens (including phenoxy) is 1. The molecule has 3 rings (SSSR count). The molecule has 0 atom stereocenters. The van der Waals surface area contributed by atoms with Crippen molar-refractivity contribution in [2.75, 3.05) is 23.9 Å². The molecule has 0 fully saturated rings. The Kier molecular flexibility index (Phi) is 4.21. The zero-order valence-corrected chi connectivity index (χ0v) is 13.3. The van der Waals surface area contributed by atoms with E-state index in [-0.39, 0.29) is 18.4 Å². The van der Waals surface area contributed by atoms with Crippen molar-refractivity contribution in [1.29, 1.82) is 0 Å². The number of likely N-dealkylation sites (N-methyl/N-ethyl adjacent to an activating group) is 1. The fraction of sp³-hybridized carbons (Fsp3) is 0.176. The van der Waals surface area contributed by atoms with Gasteiger partial charge in [-0.3, -0.25) is 9.59 Å². The van der Waals surface area contributed by atoms with Crippen molar-refractivity contribution in [1.82, 2.24) is 0 Å². The van der Waals surface area contributed by atoms with Crippen LogP contribution in [0.2, 0.25) is 5.02 Å². The number of benzene rings is 2. The van der Waals surface area contributed by atoms with E-state index < -0.39 is 0 Å². The molecule has 2 aromatic rings. The van der Waals surface area contributed by atoms with E-state index in [1.54, 1.807) is 42.3 Å².